The normalized spacial score (nSPS) is 21.6. The fourth-order valence-electron chi connectivity index (χ4n) is 5.97. The Labute approximate surface area is 297 Å². The van der Waals surface area contributed by atoms with Gasteiger partial charge in [-0.1, -0.05) is 142 Å². The molecule has 1 heterocycles. The van der Waals surface area contributed by atoms with Crippen LogP contribution in [0.3, 0.4) is 0 Å². The lowest BCUT2D eigenvalue weighted by Crippen LogP contribution is -2.59. The Bertz CT molecular complexity index is 820. The fraction of sp³-hybridized carbons (Fsp3) is 0.897. The van der Waals surface area contributed by atoms with E-state index in [0.717, 1.165) is 32.1 Å². The molecule has 0 aromatic heterocycles. The molecule has 49 heavy (non-hydrogen) atoms. The predicted octanol–water partition coefficient (Wildman–Crippen LogP) is 7.22. The average Bonchev–Trinajstić information content (AvgIpc) is 3.10. The standard InChI is InChI=1S/C39H72O10/c1-3-5-7-9-11-13-14-15-16-17-18-20-22-24-26-28-35(42)48-32(31-47-39-38(45)37(44)36(43)33(29-40)49-39)30-46-34(41)27-25-23-21-19-12-10-8-6-4-2/h22,24,32-33,36-40,43-45H,3-21,23,25-31H2,1-2H3/b24-22+/t32-,33-,36+,37?,38?,39-/m1/s1. The molecule has 10 nitrogen and oxygen atoms in total. The number of aliphatic hydroxyl groups excluding tert-OH is 4. The highest BCUT2D eigenvalue weighted by atomic mass is 16.7. The number of aliphatic hydroxyl groups is 4. The van der Waals surface area contributed by atoms with Gasteiger partial charge in [0.2, 0.25) is 0 Å². The summed E-state index contributed by atoms with van der Waals surface area (Å²) in [4.78, 5) is 25.1. The maximum atomic E-state index is 12.7. The second kappa shape index (κ2) is 31.2. The van der Waals surface area contributed by atoms with Crippen molar-refractivity contribution in [1.82, 2.24) is 0 Å². The first-order chi connectivity index (χ1) is 23.8. The second-order valence-electron chi connectivity index (χ2n) is 13.7. The number of hydrogen-bond donors (Lipinski definition) is 4. The Balaban J connectivity index is 2.40. The minimum absolute atomic E-state index is 0.150. The number of ether oxygens (including phenoxy) is 4. The van der Waals surface area contributed by atoms with E-state index in [-0.39, 0.29) is 32.0 Å². The molecule has 0 amide bonds. The van der Waals surface area contributed by atoms with Crippen molar-refractivity contribution < 1.29 is 49.0 Å². The van der Waals surface area contributed by atoms with Gasteiger partial charge in [0.15, 0.2) is 12.4 Å². The first-order valence-corrected chi connectivity index (χ1v) is 19.8. The molecule has 0 aromatic rings. The van der Waals surface area contributed by atoms with Crippen LogP contribution in [0.25, 0.3) is 0 Å². The first kappa shape index (κ1) is 45.5. The van der Waals surface area contributed by atoms with Crippen molar-refractivity contribution >= 4 is 11.9 Å². The van der Waals surface area contributed by atoms with Gasteiger partial charge >= 0.3 is 11.9 Å². The molecule has 0 spiro atoms. The molecule has 1 aliphatic rings. The summed E-state index contributed by atoms with van der Waals surface area (Å²) in [6.07, 6.45) is 22.4. The highest BCUT2D eigenvalue weighted by molar-refractivity contribution is 5.70. The molecule has 10 heteroatoms. The third kappa shape index (κ3) is 23.5. The van der Waals surface area contributed by atoms with Crippen LogP contribution in [0.1, 0.15) is 168 Å². The Kier molecular flexibility index (Phi) is 28.9. The Morgan fingerprint density at radius 1 is 0.612 bits per heavy atom. The van der Waals surface area contributed by atoms with Gasteiger partial charge in [0, 0.05) is 12.8 Å². The van der Waals surface area contributed by atoms with Crippen LogP contribution in [-0.2, 0) is 28.5 Å². The molecule has 0 aromatic carbocycles. The molecule has 1 fully saturated rings. The molecule has 0 saturated carbocycles. The zero-order chi connectivity index (χ0) is 36.0. The lowest BCUT2D eigenvalue weighted by atomic mass is 9.99. The van der Waals surface area contributed by atoms with Crippen LogP contribution in [0.2, 0.25) is 0 Å². The number of allylic oxidation sites excluding steroid dienone is 2. The summed E-state index contributed by atoms with van der Waals surface area (Å²) in [5, 5.41) is 39.9. The number of hydrogen-bond acceptors (Lipinski definition) is 10. The average molecular weight is 701 g/mol. The molecule has 1 rings (SSSR count). The Morgan fingerprint density at radius 2 is 1.12 bits per heavy atom. The molecule has 1 saturated heterocycles. The van der Waals surface area contributed by atoms with E-state index in [2.05, 4.69) is 19.9 Å². The fourth-order valence-corrected chi connectivity index (χ4v) is 5.97. The molecule has 2 unspecified atom stereocenters. The zero-order valence-electron chi connectivity index (χ0n) is 30.9. The number of carbonyl (C=O) groups excluding carboxylic acids is 2. The van der Waals surface area contributed by atoms with Gasteiger partial charge in [0.1, 0.15) is 31.0 Å². The monoisotopic (exact) mass is 701 g/mol. The second-order valence-corrected chi connectivity index (χ2v) is 13.7. The van der Waals surface area contributed by atoms with E-state index in [1.54, 1.807) is 0 Å². The van der Waals surface area contributed by atoms with Crippen LogP contribution >= 0.6 is 0 Å². The lowest BCUT2D eigenvalue weighted by Gasteiger charge is -2.39. The highest BCUT2D eigenvalue weighted by Gasteiger charge is 2.44. The number of esters is 2. The van der Waals surface area contributed by atoms with Gasteiger partial charge in [-0.05, 0) is 25.7 Å². The van der Waals surface area contributed by atoms with Crippen LogP contribution in [-0.4, -0.2) is 89.0 Å². The van der Waals surface area contributed by atoms with Crippen molar-refractivity contribution in [3.8, 4) is 0 Å². The lowest BCUT2D eigenvalue weighted by molar-refractivity contribution is -0.305. The Hall–Kier alpha value is -1.56. The summed E-state index contributed by atoms with van der Waals surface area (Å²) in [6, 6.07) is 0. The largest absolute Gasteiger partial charge is 0.462 e. The van der Waals surface area contributed by atoms with E-state index >= 15 is 0 Å². The number of carbonyl (C=O) groups is 2. The minimum Gasteiger partial charge on any atom is -0.462 e. The molecular formula is C39H72O10. The quantitative estimate of drug-likeness (QED) is 0.0322. The van der Waals surface area contributed by atoms with Gasteiger partial charge in [-0.25, -0.2) is 0 Å². The summed E-state index contributed by atoms with van der Waals surface area (Å²) < 4.78 is 22.0. The van der Waals surface area contributed by atoms with E-state index < -0.39 is 49.4 Å². The van der Waals surface area contributed by atoms with Crippen LogP contribution < -0.4 is 0 Å². The summed E-state index contributed by atoms with van der Waals surface area (Å²) >= 11 is 0. The SMILES string of the molecule is CCCCCCCCCCCCC/C=C/CCC(=O)O[C@H](COC(=O)CCCCCCCCCCC)CO[C@@H]1O[C@H](CO)[C@H](O)C(O)C1O. The molecule has 6 atom stereocenters. The molecule has 0 radical (unpaired) electrons. The summed E-state index contributed by atoms with van der Waals surface area (Å²) in [7, 11) is 0. The smallest absolute Gasteiger partial charge is 0.306 e. The Morgan fingerprint density at radius 3 is 1.67 bits per heavy atom. The van der Waals surface area contributed by atoms with Gasteiger partial charge in [0.25, 0.3) is 0 Å². The van der Waals surface area contributed by atoms with Crippen LogP contribution in [0.15, 0.2) is 12.2 Å². The molecule has 1 aliphatic heterocycles. The molecular weight excluding hydrogens is 628 g/mol. The third-order valence-electron chi connectivity index (χ3n) is 9.16. The van der Waals surface area contributed by atoms with Crippen molar-refractivity contribution in [1.29, 1.82) is 0 Å². The molecule has 288 valence electrons. The summed E-state index contributed by atoms with van der Waals surface area (Å²) in [5.74, 6) is -0.862. The van der Waals surface area contributed by atoms with Crippen molar-refractivity contribution in [2.75, 3.05) is 19.8 Å². The van der Waals surface area contributed by atoms with Crippen molar-refractivity contribution in [2.45, 2.75) is 205 Å². The van der Waals surface area contributed by atoms with Crippen molar-refractivity contribution in [2.24, 2.45) is 0 Å². The molecule has 4 N–H and O–H groups in total. The topological polar surface area (TPSA) is 152 Å². The predicted molar refractivity (Wildman–Crippen MR) is 192 cm³/mol. The van der Waals surface area contributed by atoms with E-state index in [1.165, 1.54) is 103 Å². The van der Waals surface area contributed by atoms with E-state index in [1.807, 2.05) is 6.08 Å². The summed E-state index contributed by atoms with van der Waals surface area (Å²) in [5.41, 5.74) is 0. The van der Waals surface area contributed by atoms with Gasteiger partial charge in [-0.2, -0.15) is 0 Å². The highest BCUT2D eigenvalue weighted by Crippen LogP contribution is 2.22. The summed E-state index contributed by atoms with van der Waals surface area (Å²) in [6.45, 7) is 3.35. The van der Waals surface area contributed by atoms with Gasteiger partial charge < -0.3 is 39.4 Å². The third-order valence-corrected chi connectivity index (χ3v) is 9.16. The van der Waals surface area contributed by atoms with Crippen LogP contribution in [0.5, 0.6) is 0 Å². The van der Waals surface area contributed by atoms with Gasteiger partial charge in [-0.15, -0.1) is 0 Å². The first-order valence-electron chi connectivity index (χ1n) is 19.8. The van der Waals surface area contributed by atoms with Crippen LogP contribution in [0, 0.1) is 0 Å². The number of unbranched alkanes of at least 4 members (excludes halogenated alkanes) is 19. The van der Waals surface area contributed by atoms with E-state index in [9.17, 15) is 30.0 Å². The molecule has 0 aliphatic carbocycles. The van der Waals surface area contributed by atoms with Crippen molar-refractivity contribution in [3.63, 3.8) is 0 Å². The van der Waals surface area contributed by atoms with Crippen LogP contribution in [0.4, 0.5) is 0 Å². The van der Waals surface area contributed by atoms with Crippen molar-refractivity contribution in [3.05, 3.63) is 12.2 Å². The maximum absolute atomic E-state index is 12.7. The van der Waals surface area contributed by atoms with E-state index in [4.69, 9.17) is 18.9 Å². The van der Waals surface area contributed by atoms with Gasteiger partial charge in [-0.3, -0.25) is 9.59 Å². The maximum Gasteiger partial charge on any atom is 0.306 e. The zero-order valence-corrected chi connectivity index (χ0v) is 30.9. The van der Waals surface area contributed by atoms with E-state index in [0.29, 0.717) is 6.42 Å². The van der Waals surface area contributed by atoms with Gasteiger partial charge in [0.05, 0.1) is 13.2 Å². The molecule has 0 bridgehead atoms. The number of rotatable bonds is 32. The minimum atomic E-state index is -1.59.